The van der Waals surface area contributed by atoms with E-state index in [1.165, 1.54) is 0 Å². The summed E-state index contributed by atoms with van der Waals surface area (Å²) in [5.74, 6) is 1.19. The van der Waals surface area contributed by atoms with Gasteiger partial charge in [0.1, 0.15) is 19.3 Å². The van der Waals surface area contributed by atoms with Gasteiger partial charge in [-0.3, -0.25) is 4.79 Å². The topological polar surface area (TPSA) is 77.4 Å². The molecule has 2 N–H and O–H groups in total. The normalized spacial score (nSPS) is 13.6. The van der Waals surface area contributed by atoms with Crippen molar-refractivity contribution in [2.45, 2.75) is 26.8 Å². The number of carbonyl (C=O) groups excluding carboxylic acids is 1. The third kappa shape index (κ3) is 3.89. The van der Waals surface area contributed by atoms with Gasteiger partial charge in [0, 0.05) is 11.8 Å². The quantitative estimate of drug-likeness (QED) is 0.692. The highest BCUT2D eigenvalue weighted by molar-refractivity contribution is 5.96. The maximum absolute atomic E-state index is 12.7. The first kappa shape index (κ1) is 18.9. The second-order valence-electron chi connectivity index (χ2n) is 7.01. The van der Waals surface area contributed by atoms with Crippen molar-refractivity contribution in [2.24, 2.45) is 0 Å². The van der Waals surface area contributed by atoms with Crippen molar-refractivity contribution in [1.29, 1.82) is 0 Å². The van der Waals surface area contributed by atoms with Crippen molar-refractivity contribution in [3.05, 3.63) is 59.9 Å². The summed E-state index contributed by atoms with van der Waals surface area (Å²) in [6.45, 7) is 6.79. The van der Waals surface area contributed by atoms with Gasteiger partial charge in [-0.05, 0) is 45.0 Å². The SMILES string of the molecule is Cc1nn(-c2ccccc2)c(C)c1NC(C)C(=O)Nc1ccc2c(c1)OCCO2. The molecule has 29 heavy (non-hydrogen) atoms. The van der Waals surface area contributed by atoms with Crippen LogP contribution >= 0.6 is 0 Å². The Balaban J connectivity index is 1.47. The fraction of sp³-hybridized carbons (Fsp3) is 0.273. The van der Waals surface area contributed by atoms with Crippen LogP contribution in [0.25, 0.3) is 5.69 Å². The lowest BCUT2D eigenvalue weighted by Gasteiger charge is -2.20. The van der Waals surface area contributed by atoms with Crippen LogP contribution in [0.3, 0.4) is 0 Å². The molecule has 1 atom stereocenters. The largest absolute Gasteiger partial charge is 0.486 e. The molecule has 1 amide bonds. The number of aryl methyl sites for hydroxylation is 1. The lowest BCUT2D eigenvalue weighted by molar-refractivity contribution is -0.116. The standard InChI is InChI=1S/C22H24N4O3/c1-14-21(16(3)26(25-14)18-7-5-4-6-8-18)23-15(2)22(27)24-17-9-10-19-20(13-17)29-12-11-28-19/h4-10,13,15,23H,11-12H2,1-3H3,(H,24,27). The number of ether oxygens (including phenoxy) is 2. The highest BCUT2D eigenvalue weighted by Crippen LogP contribution is 2.32. The van der Waals surface area contributed by atoms with Gasteiger partial charge in [-0.2, -0.15) is 5.10 Å². The smallest absolute Gasteiger partial charge is 0.246 e. The van der Waals surface area contributed by atoms with E-state index in [1.807, 2.05) is 61.9 Å². The number of fused-ring (bicyclic) bond motifs is 1. The molecule has 150 valence electrons. The number of para-hydroxylation sites is 1. The molecule has 0 saturated heterocycles. The Kier molecular flexibility index (Phi) is 5.12. The maximum Gasteiger partial charge on any atom is 0.246 e. The molecule has 4 rings (SSSR count). The second-order valence-corrected chi connectivity index (χ2v) is 7.01. The number of carbonyl (C=O) groups is 1. The molecule has 1 unspecified atom stereocenters. The number of hydrogen-bond donors (Lipinski definition) is 2. The summed E-state index contributed by atoms with van der Waals surface area (Å²) >= 11 is 0. The van der Waals surface area contributed by atoms with Gasteiger partial charge in [-0.1, -0.05) is 18.2 Å². The van der Waals surface area contributed by atoms with E-state index < -0.39 is 6.04 Å². The number of amides is 1. The van der Waals surface area contributed by atoms with Crippen LogP contribution < -0.4 is 20.1 Å². The molecular weight excluding hydrogens is 368 g/mol. The summed E-state index contributed by atoms with van der Waals surface area (Å²) in [5.41, 5.74) is 4.30. The van der Waals surface area contributed by atoms with Crippen LogP contribution in [0.2, 0.25) is 0 Å². The van der Waals surface area contributed by atoms with E-state index in [2.05, 4.69) is 15.7 Å². The average Bonchev–Trinajstić information content (AvgIpc) is 3.02. The molecular formula is C22H24N4O3. The molecule has 1 aliphatic heterocycles. The monoisotopic (exact) mass is 392 g/mol. The Hall–Kier alpha value is -3.48. The van der Waals surface area contributed by atoms with Crippen molar-refractivity contribution in [3.8, 4) is 17.2 Å². The van der Waals surface area contributed by atoms with E-state index in [9.17, 15) is 4.79 Å². The van der Waals surface area contributed by atoms with E-state index in [0.29, 0.717) is 30.4 Å². The molecule has 0 fully saturated rings. The zero-order chi connectivity index (χ0) is 20.4. The van der Waals surface area contributed by atoms with Crippen molar-refractivity contribution in [2.75, 3.05) is 23.8 Å². The molecule has 1 aliphatic rings. The van der Waals surface area contributed by atoms with Crippen molar-refractivity contribution >= 4 is 17.3 Å². The van der Waals surface area contributed by atoms with Gasteiger partial charge in [-0.15, -0.1) is 0 Å². The Labute approximate surface area is 169 Å². The zero-order valence-corrected chi connectivity index (χ0v) is 16.7. The van der Waals surface area contributed by atoms with Crippen LogP contribution in [-0.2, 0) is 4.79 Å². The zero-order valence-electron chi connectivity index (χ0n) is 16.7. The average molecular weight is 392 g/mol. The van der Waals surface area contributed by atoms with Crippen LogP contribution in [0.15, 0.2) is 48.5 Å². The van der Waals surface area contributed by atoms with Crippen LogP contribution in [0.5, 0.6) is 11.5 Å². The van der Waals surface area contributed by atoms with Gasteiger partial charge in [0.15, 0.2) is 11.5 Å². The number of aromatic nitrogens is 2. The van der Waals surface area contributed by atoms with Gasteiger partial charge in [-0.25, -0.2) is 4.68 Å². The summed E-state index contributed by atoms with van der Waals surface area (Å²) in [4.78, 5) is 12.7. The molecule has 3 aromatic rings. The Morgan fingerprint density at radius 3 is 2.55 bits per heavy atom. The Bertz CT molecular complexity index is 1030. The van der Waals surface area contributed by atoms with Gasteiger partial charge in [0.2, 0.25) is 5.91 Å². The molecule has 2 heterocycles. The van der Waals surface area contributed by atoms with Crippen molar-refractivity contribution < 1.29 is 14.3 Å². The number of rotatable bonds is 5. The van der Waals surface area contributed by atoms with Crippen LogP contribution in [0.1, 0.15) is 18.3 Å². The van der Waals surface area contributed by atoms with E-state index in [0.717, 1.165) is 22.8 Å². The predicted molar refractivity (Wildman–Crippen MR) is 112 cm³/mol. The molecule has 2 aromatic carbocycles. The van der Waals surface area contributed by atoms with Crippen LogP contribution in [0.4, 0.5) is 11.4 Å². The van der Waals surface area contributed by atoms with E-state index >= 15 is 0 Å². The van der Waals surface area contributed by atoms with Gasteiger partial charge in [0.05, 0.1) is 22.8 Å². The van der Waals surface area contributed by atoms with E-state index in [1.54, 1.807) is 12.1 Å². The lowest BCUT2D eigenvalue weighted by atomic mass is 10.2. The van der Waals surface area contributed by atoms with Gasteiger partial charge >= 0.3 is 0 Å². The number of hydrogen-bond acceptors (Lipinski definition) is 5. The minimum Gasteiger partial charge on any atom is -0.486 e. The predicted octanol–water partition coefficient (Wildman–Crippen LogP) is 3.70. The van der Waals surface area contributed by atoms with Crippen molar-refractivity contribution in [1.82, 2.24) is 9.78 Å². The van der Waals surface area contributed by atoms with E-state index in [-0.39, 0.29) is 5.91 Å². The number of nitrogens with zero attached hydrogens (tertiary/aromatic N) is 2. The van der Waals surface area contributed by atoms with Crippen molar-refractivity contribution in [3.63, 3.8) is 0 Å². The molecule has 0 spiro atoms. The summed E-state index contributed by atoms with van der Waals surface area (Å²) in [6, 6.07) is 14.9. The summed E-state index contributed by atoms with van der Waals surface area (Å²) in [7, 11) is 0. The molecule has 0 bridgehead atoms. The Morgan fingerprint density at radius 1 is 1.07 bits per heavy atom. The number of anilines is 2. The highest BCUT2D eigenvalue weighted by atomic mass is 16.6. The maximum atomic E-state index is 12.7. The fourth-order valence-corrected chi connectivity index (χ4v) is 3.33. The number of benzene rings is 2. The molecule has 1 aromatic heterocycles. The first-order chi connectivity index (χ1) is 14.0. The van der Waals surface area contributed by atoms with Gasteiger partial charge in [0.25, 0.3) is 0 Å². The van der Waals surface area contributed by atoms with Crippen LogP contribution in [0, 0.1) is 13.8 Å². The molecule has 0 saturated carbocycles. The van der Waals surface area contributed by atoms with Crippen LogP contribution in [-0.4, -0.2) is 34.9 Å². The first-order valence-electron chi connectivity index (χ1n) is 9.61. The minimum absolute atomic E-state index is 0.145. The molecule has 7 heteroatoms. The summed E-state index contributed by atoms with van der Waals surface area (Å²) < 4.78 is 13.0. The molecule has 0 radical (unpaired) electrons. The Morgan fingerprint density at radius 2 is 1.79 bits per heavy atom. The first-order valence-corrected chi connectivity index (χ1v) is 9.61. The highest BCUT2D eigenvalue weighted by Gasteiger charge is 2.20. The molecule has 0 aliphatic carbocycles. The minimum atomic E-state index is -0.450. The third-order valence-corrected chi connectivity index (χ3v) is 4.86. The molecule has 7 nitrogen and oxygen atoms in total. The lowest BCUT2D eigenvalue weighted by Crippen LogP contribution is -2.32. The second kappa shape index (κ2) is 7.87. The number of nitrogens with one attached hydrogen (secondary N) is 2. The van der Waals surface area contributed by atoms with Gasteiger partial charge < -0.3 is 20.1 Å². The van der Waals surface area contributed by atoms with E-state index in [4.69, 9.17) is 9.47 Å². The fourth-order valence-electron chi connectivity index (χ4n) is 3.33. The summed E-state index contributed by atoms with van der Waals surface area (Å²) in [5, 5.41) is 10.8. The summed E-state index contributed by atoms with van der Waals surface area (Å²) in [6.07, 6.45) is 0. The third-order valence-electron chi connectivity index (χ3n) is 4.86.